The number of anilines is 2. The largest absolute Gasteiger partial charge is 0.337 e. The van der Waals surface area contributed by atoms with Crippen LogP contribution in [0.2, 0.25) is 0 Å². The van der Waals surface area contributed by atoms with Crippen molar-refractivity contribution in [3.05, 3.63) is 54.5 Å². The fourth-order valence-electron chi connectivity index (χ4n) is 3.77. The molecule has 1 fully saturated rings. The molecular weight excluding hydrogens is 352 g/mol. The van der Waals surface area contributed by atoms with Crippen LogP contribution in [0.15, 0.2) is 48.8 Å². The van der Waals surface area contributed by atoms with Gasteiger partial charge >= 0.3 is 0 Å². The van der Waals surface area contributed by atoms with Gasteiger partial charge in [-0.15, -0.1) is 0 Å². The molecule has 4 heterocycles. The molecule has 1 saturated heterocycles. The van der Waals surface area contributed by atoms with Gasteiger partial charge in [0.25, 0.3) is 5.91 Å². The van der Waals surface area contributed by atoms with Gasteiger partial charge in [0.1, 0.15) is 11.2 Å². The molecule has 0 unspecified atom stereocenters. The standard InChI is InChI=1S/C21H20N6O/c1-13-7-10-27(12-13)21(28)18-16-5-4-15(11-14(16)6-9-23-18)24-20-19-17(25-26-20)3-2-8-22-19/h2-6,8-9,11,13H,7,10,12H2,1H3,(H2,24,25,26)/t13-/m0/s1. The lowest BCUT2D eigenvalue weighted by Gasteiger charge is -2.16. The lowest BCUT2D eigenvalue weighted by Crippen LogP contribution is -2.29. The predicted octanol–water partition coefficient (Wildman–Crippen LogP) is 3.73. The van der Waals surface area contributed by atoms with Crippen LogP contribution in [-0.2, 0) is 0 Å². The number of aromatic nitrogens is 4. The zero-order chi connectivity index (χ0) is 19.1. The van der Waals surface area contributed by atoms with Crippen molar-refractivity contribution in [1.29, 1.82) is 0 Å². The number of hydrogen-bond acceptors (Lipinski definition) is 5. The Morgan fingerprint density at radius 2 is 2.14 bits per heavy atom. The Balaban J connectivity index is 1.48. The fraction of sp³-hybridized carbons (Fsp3) is 0.238. The Bertz CT molecular complexity index is 1180. The zero-order valence-electron chi connectivity index (χ0n) is 15.5. The van der Waals surface area contributed by atoms with Crippen molar-refractivity contribution in [3.8, 4) is 0 Å². The highest BCUT2D eigenvalue weighted by molar-refractivity contribution is 6.06. The first-order valence-electron chi connectivity index (χ1n) is 9.43. The number of carbonyl (C=O) groups excluding carboxylic acids is 1. The quantitative estimate of drug-likeness (QED) is 0.572. The van der Waals surface area contributed by atoms with E-state index < -0.39 is 0 Å². The highest BCUT2D eigenvalue weighted by Crippen LogP contribution is 2.27. The van der Waals surface area contributed by atoms with Gasteiger partial charge in [-0.2, -0.15) is 5.10 Å². The Kier molecular flexibility index (Phi) is 3.93. The SMILES string of the molecule is C[C@H]1CCN(C(=O)c2nccc3cc(Nc4n[nH]c5cccnc45)ccc23)C1. The maximum Gasteiger partial charge on any atom is 0.273 e. The Hall–Kier alpha value is -3.48. The summed E-state index contributed by atoms with van der Waals surface area (Å²) < 4.78 is 0. The van der Waals surface area contributed by atoms with E-state index in [4.69, 9.17) is 0 Å². The van der Waals surface area contributed by atoms with E-state index in [-0.39, 0.29) is 5.91 Å². The van der Waals surface area contributed by atoms with E-state index in [2.05, 4.69) is 32.4 Å². The summed E-state index contributed by atoms with van der Waals surface area (Å²) in [5, 5.41) is 12.4. The molecule has 28 heavy (non-hydrogen) atoms. The monoisotopic (exact) mass is 372 g/mol. The molecule has 7 nitrogen and oxygen atoms in total. The molecule has 1 aliphatic rings. The topological polar surface area (TPSA) is 86.8 Å². The molecule has 0 bridgehead atoms. The van der Waals surface area contributed by atoms with Gasteiger partial charge < -0.3 is 10.2 Å². The van der Waals surface area contributed by atoms with Crippen LogP contribution < -0.4 is 5.32 Å². The smallest absolute Gasteiger partial charge is 0.273 e. The number of likely N-dealkylation sites (tertiary alicyclic amines) is 1. The molecule has 1 atom stereocenters. The molecule has 0 spiro atoms. The Morgan fingerprint density at radius 1 is 1.21 bits per heavy atom. The van der Waals surface area contributed by atoms with Gasteiger partial charge in [-0.05, 0) is 54.1 Å². The number of carbonyl (C=O) groups is 1. The number of nitrogens with one attached hydrogen (secondary N) is 2. The summed E-state index contributed by atoms with van der Waals surface area (Å²) >= 11 is 0. The van der Waals surface area contributed by atoms with Gasteiger partial charge in [-0.25, -0.2) is 0 Å². The first kappa shape index (κ1) is 16.7. The third-order valence-electron chi connectivity index (χ3n) is 5.26. The van der Waals surface area contributed by atoms with E-state index in [1.165, 1.54) is 0 Å². The number of benzene rings is 1. The molecule has 1 aliphatic heterocycles. The number of pyridine rings is 2. The maximum absolute atomic E-state index is 12.9. The van der Waals surface area contributed by atoms with Crippen LogP contribution in [0.25, 0.3) is 21.8 Å². The van der Waals surface area contributed by atoms with Crippen LogP contribution in [0.3, 0.4) is 0 Å². The van der Waals surface area contributed by atoms with Crippen molar-refractivity contribution in [2.45, 2.75) is 13.3 Å². The number of rotatable bonds is 3. The van der Waals surface area contributed by atoms with Crippen molar-refractivity contribution in [3.63, 3.8) is 0 Å². The van der Waals surface area contributed by atoms with Crippen molar-refractivity contribution in [2.75, 3.05) is 18.4 Å². The molecule has 4 aromatic rings. The minimum atomic E-state index is 0.0122. The number of aromatic amines is 1. The molecule has 3 aromatic heterocycles. The zero-order valence-corrected chi connectivity index (χ0v) is 15.5. The molecule has 1 amide bonds. The summed E-state index contributed by atoms with van der Waals surface area (Å²) in [6, 6.07) is 11.6. The minimum absolute atomic E-state index is 0.0122. The molecule has 1 aromatic carbocycles. The highest BCUT2D eigenvalue weighted by Gasteiger charge is 2.26. The summed E-state index contributed by atoms with van der Waals surface area (Å²) in [7, 11) is 0. The maximum atomic E-state index is 12.9. The van der Waals surface area contributed by atoms with E-state index in [9.17, 15) is 4.79 Å². The third kappa shape index (κ3) is 2.85. The number of H-pyrrole nitrogens is 1. The van der Waals surface area contributed by atoms with E-state index >= 15 is 0 Å². The van der Waals surface area contributed by atoms with E-state index in [0.29, 0.717) is 17.4 Å². The summed E-state index contributed by atoms with van der Waals surface area (Å²) in [4.78, 5) is 23.6. The van der Waals surface area contributed by atoms with E-state index in [1.54, 1.807) is 12.4 Å². The molecule has 0 aliphatic carbocycles. The molecule has 2 N–H and O–H groups in total. The average Bonchev–Trinajstić information content (AvgIpc) is 3.33. The lowest BCUT2D eigenvalue weighted by molar-refractivity contribution is 0.0784. The first-order chi connectivity index (χ1) is 13.7. The van der Waals surface area contributed by atoms with Gasteiger partial charge in [0, 0.05) is 36.6 Å². The molecule has 7 heteroatoms. The van der Waals surface area contributed by atoms with Crippen LogP contribution in [0.4, 0.5) is 11.5 Å². The van der Waals surface area contributed by atoms with Crippen molar-refractivity contribution >= 4 is 39.2 Å². The van der Waals surface area contributed by atoms with Crippen LogP contribution >= 0.6 is 0 Å². The molecule has 0 radical (unpaired) electrons. The highest BCUT2D eigenvalue weighted by atomic mass is 16.2. The van der Waals surface area contributed by atoms with Crippen LogP contribution in [0.1, 0.15) is 23.8 Å². The Morgan fingerprint density at radius 3 is 3.00 bits per heavy atom. The second-order valence-electron chi connectivity index (χ2n) is 7.34. The fourth-order valence-corrected chi connectivity index (χ4v) is 3.77. The van der Waals surface area contributed by atoms with Gasteiger partial charge in [0.05, 0.1) is 5.52 Å². The number of amides is 1. The first-order valence-corrected chi connectivity index (χ1v) is 9.43. The summed E-state index contributed by atoms with van der Waals surface area (Å²) in [5.74, 6) is 1.23. The molecular formula is C21H20N6O. The van der Waals surface area contributed by atoms with Gasteiger partial charge in [0.15, 0.2) is 5.82 Å². The second kappa shape index (κ2) is 6.60. The lowest BCUT2D eigenvalue weighted by atomic mass is 10.1. The van der Waals surface area contributed by atoms with Crippen molar-refractivity contribution in [2.24, 2.45) is 5.92 Å². The summed E-state index contributed by atoms with van der Waals surface area (Å²) in [6.45, 7) is 3.78. The van der Waals surface area contributed by atoms with E-state index in [0.717, 1.165) is 47.0 Å². The number of nitrogens with zero attached hydrogens (tertiary/aromatic N) is 4. The van der Waals surface area contributed by atoms with Gasteiger partial charge in [-0.3, -0.25) is 19.9 Å². The summed E-state index contributed by atoms with van der Waals surface area (Å²) in [5.41, 5.74) is 3.06. The van der Waals surface area contributed by atoms with Gasteiger partial charge in [-0.1, -0.05) is 6.92 Å². The minimum Gasteiger partial charge on any atom is -0.337 e. The van der Waals surface area contributed by atoms with Gasteiger partial charge in [0.2, 0.25) is 0 Å². The molecule has 5 rings (SSSR count). The average molecular weight is 372 g/mol. The van der Waals surface area contributed by atoms with Crippen LogP contribution in [0.5, 0.6) is 0 Å². The Labute approximate surface area is 161 Å². The van der Waals surface area contributed by atoms with Crippen molar-refractivity contribution < 1.29 is 4.79 Å². The van der Waals surface area contributed by atoms with Crippen LogP contribution in [-0.4, -0.2) is 44.1 Å². The number of hydrogen-bond donors (Lipinski definition) is 2. The molecule has 0 saturated carbocycles. The number of fused-ring (bicyclic) bond motifs is 2. The second-order valence-corrected chi connectivity index (χ2v) is 7.34. The summed E-state index contributed by atoms with van der Waals surface area (Å²) in [6.07, 6.45) is 4.49. The molecule has 140 valence electrons. The third-order valence-corrected chi connectivity index (χ3v) is 5.26. The van der Waals surface area contributed by atoms with E-state index in [1.807, 2.05) is 41.3 Å². The van der Waals surface area contributed by atoms with Crippen molar-refractivity contribution in [1.82, 2.24) is 25.1 Å². The normalized spacial score (nSPS) is 16.8. The predicted molar refractivity (Wildman–Crippen MR) is 109 cm³/mol. The van der Waals surface area contributed by atoms with Crippen LogP contribution in [0, 0.1) is 5.92 Å².